The number of esters is 1. The lowest BCUT2D eigenvalue weighted by Gasteiger charge is -2.04. The molecule has 0 bridgehead atoms. The van der Waals surface area contributed by atoms with Gasteiger partial charge in [0.05, 0.1) is 19.2 Å². The zero-order valence-electron chi connectivity index (χ0n) is 9.46. The number of aromatic nitrogens is 2. The summed E-state index contributed by atoms with van der Waals surface area (Å²) in [7, 11) is 1.36. The van der Waals surface area contributed by atoms with E-state index in [9.17, 15) is 4.79 Å². The number of hydrogen-bond acceptors (Lipinski definition) is 4. The molecule has 0 atom stereocenters. The highest BCUT2D eigenvalue weighted by Gasteiger charge is 2.06. The van der Waals surface area contributed by atoms with E-state index >= 15 is 0 Å². The number of benzene rings is 1. The Labute approximate surface area is 98.8 Å². The molecule has 0 saturated heterocycles. The first-order valence-electron chi connectivity index (χ1n) is 5.15. The molecule has 17 heavy (non-hydrogen) atoms. The van der Waals surface area contributed by atoms with Gasteiger partial charge >= 0.3 is 5.97 Å². The Hall–Kier alpha value is -2.30. The van der Waals surface area contributed by atoms with Crippen LogP contribution >= 0.6 is 0 Å². The molecule has 0 aliphatic heterocycles. The van der Waals surface area contributed by atoms with Crippen molar-refractivity contribution in [2.24, 2.45) is 0 Å². The highest BCUT2D eigenvalue weighted by Crippen LogP contribution is 2.08. The molecule has 0 radical (unpaired) electrons. The zero-order chi connectivity index (χ0) is 12.3. The molecule has 0 saturated carbocycles. The molecule has 0 unspecified atom stereocenters. The van der Waals surface area contributed by atoms with Gasteiger partial charge in [0.25, 0.3) is 0 Å². The second-order valence-corrected chi connectivity index (χ2v) is 3.63. The summed E-state index contributed by atoms with van der Waals surface area (Å²) in [6, 6.07) is 8.96. The third kappa shape index (κ3) is 2.63. The van der Waals surface area contributed by atoms with Gasteiger partial charge in [-0.15, -0.1) is 0 Å². The molecule has 88 valence electrons. The highest BCUT2D eigenvalue weighted by atomic mass is 16.5. The van der Waals surface area contributed by atoms with E-state index in [-0.39, 0.29) is 5.97 Å². The van der Waals surface area contributed by atoms with Crippen LogP contribution in [0.3, 0.4) is 0 Å². The van der Waals surface area contributed by atoms with Gasteiger partial charge in [-0.2, -0.15) is 5.10 Å². The van der Waals surface area contributed by atoms with Gasteiger partial charge in [0.2, 0.25) is 0 Å². The third-order valence-electron chi connectivity index (χ3n) is 2.35. The number of rotatable bonds is 3. The van der Waals surface area contributed by atoms with Gasteiger partial charge in [0.15, 0.2) is 0 Å². The highest BCUT2D eigenvalue weighted by molar-refractivity contribution is 5.89. The van der Waals surface area contributed by atoms with Crippen LogP contribution in [0.25, 0.3) is 0 Å². The van der Waals surface area contributed by atoms with Crippen molar-refractivity contribution in [3.05, 3.63) is 47.7 Å². The summed E-state index contributed by atoms with van der Waals surface area (Å²) < 4.78 is 6.38. The van der Waals surface area contributed by atoms with Crippen molar-refractivity contribution in [1.29, 1.82) is 0 Å². The van der Waals surface area contributed by atoms with Crippen LogP contribution in [-0.2, 0) is 11.3 Å². The lowest BCUT2D eigenvalue weighted by Crippen LogP contribution is -2.05. The van der Waals surface area contributed by atoms with Gasteiger partial charge in [-0.1, -0.05) is 12.1 Å². The number of nitrogens with zero attached hydrogens (tertiary/aromatic N) is 2. The van der Waals surface area contributed by atoms with Crippen LogP contribution in [0.5, 0.6) is 0 Å². The van der Waals surface area contributed by atoms with E-state index in [2.05, 4.69) is 9.84 Å². The predicted octanol–water partition coefficient (Wildman–Crippen LogP) is 1.30. The minimum atomic E-state index is -0.341. The number of ether oxygens (including phenoxy) is 1. The molecule has 0 amide bonds. The molecule has 1 heterocycles. The lowest BCUT2D eigenvalue weighted by atomic mass is 10.1. The average molecular weight is 231 g/mol. The van der Waals surface area contributed by atoms with Gasteiger partial charge in [0.1, 0.15) is 5.82 Å². The Morgan fingerprint density at radius 2 is 2.29 bits per heavy atom. The van der Waals surface area contributed by atoms with Crippen molar-refractivity contribution >= 4 is 11.8 Å². The molecule has 0 aliphatic carbocycles. The van der Waals surface area contributed by atoms with Crippen LogP contribution in [0.15, 0.2) is 36.5 Å². The molecule has 2 rings (SSSR count). The maximum absolute atomic E-state index is 11.4. The van der Waals surface area contributed by atoms with Crippen molar-refractivity contribution in [1.82, 2.24) is 9.78 Å². The lowest BCUT2D eigenvalue weighted by molar-refractivity contribution is 0.0600. The van der Waals surface area contributed by atoms with Crippen LogP contribution in [0.2, 0.25) is 0 Å². The number of nitrogen functional groups attached to an aromatic ring is 1. The third-order valence-corrected chi connectivity index (χ3v) is 2.35. The first-order valence-corrected chi connectivity index (χ1v) is 5.15. The molecule has 2 aromatic rings. The van der Waals surface area contributed by atoms with Crippen LogP contribution in [-0.4, -0.2) is 22.9 Å². The molecule has 2 N–H and O–H groups in total. The fourth-order valence-corrected chi connectivity index (χ4v) is 1.57. The average Bonchev–Trinajstić information content (AvgIpc) is 2.74. The summed E-state index contributed by atoms with van der Waals surface area (Å²) in [4.78, 5) is 11.4. The van der Waals surface area contributed by atoms with Crippen LogP contribution in [0, 0.1) is 0 Å². The second kappa shape index (κ2) is 4.69. The molecule has 0 aliphatic rings. The maximum atomic E-state index is 11.4. The molecular weight excluding hydrogens is 218 g/mol. The monoisotopic (exact) mass is 231 g/mol. The van der Waals surface area contributed by atoms with Crippen LogP contribution in [0.4, 0.5) is 5.82 Å². The summed E-state index contributed by atoms with van der Waals surface area (Å²) in [6.07, 6.45) is 1.79. The van der Waals surface area contributed by atoms with Crippen molar-refractivity contribution in [3.63, 3.8) is 0 Å². The Bertz CT molecular complexity index is 534. The second-order valence-electron chi connectivity index (χ2n) is 3.63. The van der Waals surface area contributed by atoms with Gasteiger partial charge in [0, 0.05) is 6.20 Å². The smallest absolute Gasteiger partial charge is 0.337 e. The molecule has 0 spiro atoms. The predicted molar refractivity (Wildman–Crippen MR) is 63.5 cm³/mol. The van der Waals surface area contributed by atoms with Crippen molar-refractivity contribution in [2.75, 3.05) is 12.8 Å². The van der Waals surface area contributed by atoms with E-state index in [4.69, 9.17) is 5.73 Å². The van der Waals surface area contributed by atoms with Gasteiger partial charge < -0.3 is 10.5 Å². The number of anilines is 1. The first-order chi connectivity index (χ1) is 8.19. The SMILES string of the molecule is COC(=O)c1cccc(Cn2ccc(N)n2)c1. The fraction of sp³-hybridized carbons (Fsp3) is 0.167. The topological polar surface area (TPSA) is 70.1 Å². The van der Waals surface area contributed by atoms with Gasteiger partial charge in [-0.25, -0.2) is 4.79 Å². The van der Waals surface area contributed by atoms with E-state index in [1.54, 1.807) is 29.1 Å². The Morgan fingerprint density at radius 1 is 1.47 bits per heavy atom. The fourth-order valence-electron chi connectivity index (χ4n) is 1.57. The normalized spacial score (nSPS) is 10.2. The maximum Gasteiger partial charge on any atom is 0.337 e. The summed E-state index contributed by atoms with van der Waals surface area (Å²) in [5.41, 5.74) is 7.03. The Kier molecular flexibility index (Phi) is 3.09. The molecule has 5 nitrogen and oxygen atoms in total. The van der Waals surface area contributed by atoms with Crippen LogP contribution < -0.4 is 5.73 Å². The number of carbonyl (C=O) groups excluding carboxylic acids is 1. The summed E-state index contributed by atoms with van der Waals surface area (Å²) in [5, 5.41) is 4.08. The minimum absolute atomic E-state index is 0.341. The van der Waals surface area contributed by atoms with E-state index in [0.717, 1.165) is 5.56 Å². The van der Waals surface area contributed by atoms with E-state index < -0.39 is 0 Å². The zero-order valence-corrected chi connectivity index (χ0v) is 9.46. The Balaban J connectivity index is 2.19. The largest absolute Gasteiger partial charge is 0.465 e. The van der Waals surface area contributed by atoms with Crippen molar-refractivity contribution < 1.29 is 9.53 Å². The quantitative estimate of drug-likeness (QED) is 0.808. The van der Waals surface area contributed by atoms with E-state index in [0.29, 0.717) is 17.9 Å². The molecule has 5 heteroatoms. The van der Waals surface area contributed by atoms with Gasteiger partial charge in [-0.3, -0.25) is 4.68 Å². The number of nitrogens with two attached hydrogens (primary N) is 1. The molecule has 0 fully saturated rings. The standard InChI is InChI=1S/C12H13N3O2/c1-17-12(16)10-4-2-3-9(7-10)8-15-6-5-11(13)14-15/h2-7H,8H2,1H3,(H2,13,14). The van der Waals surface area contributed by atoms with Crippen molar-refractivity contribution in [3.8, 4) is 0 Å². The number of hydrogen-bond donors (Lipinski definition) is 1. The van der Waals surface area contributed by atoms with Crippen LogP contribution in [0.1, 0.15) is 15.9 Å². The molecule has 1 aromatic heterocycles. The Morgan fingerprint density at radius 3 is 2.94 bits per heavy atom. The summed E-state index contributed by atoms with van der Waals surface area (Å²) in [5.74, 6) is 0.140. The number of carbonyl (C=O) groups is 1. The summed E-state index contributed by atoms with van der Waals surface area (Å²) in [6.45, 7) is 0.571. The minimum Gasteiger partial charge on any atom is -0.465 e. The van der Waals surface area contributed by atoms with Crippen molar-refractivity contribution in [2.45, 2.75) is 6.54 Å². The molecular formula is C12H13N3O2. The van der Waals surface area contributed by atoms with E-state index in [1.165, 1.54) is 7.11 Å². The van der Waals surface area contributed by atoms with E-state index in [1.807, 2.05) is 12.1 Å². The van der Waals surface area contributed by atoms with Gasteiger partial charge in [-0.05, 0) is 23.8 Å². The summed E-state index contributed by atoms with van der Waals surface area (Å²) >= 11 is 0. The molecule has 1 aromatic carbocycles. The number of methoxy groups -OCH3 is 1. The first kappa shape index (κ1) is 11.2.